The molecule has 10 nitrogen and oxygen atoms in total. The molecule has 3 rings (SSSR count). The molecular formula is C19H15N3O7. The third-order valence-electron chi connectivity index (χ3n) is 4.12. The van der Waals surface area contributed by atoms with Crippen molar-refractivity contribution >= 4 is 40.8 Å². The second kappa shape index (κ2) is 8.30. The number of hydrogen-bond acceptors (Lipinski definition) is 7. The van der Waals surface area contributed by atoms with Crippen LogP contribution in [0.25, 0.3) is 0 Å². The zero-order chi connectivity index (χ0) is 21.0. The average molecular weight is 397 g/mol. The van der Waals surface area contributed by atoms with Gasteiger partial charge >= 0.3 is 5.97 Å². The lowest BCUT2D eigenvalue weighted by Crippen LogP contribution is -2.28. The number of benzene rings is 2. The maximum Gasteiger partial charge on any atom is 0.338 e. The Morgan fingerprint density at radius 3 is 2.28 bits per heavy atom. The first kappa shape index (κ1) is 19.7. The van der Waals surface area contributed by atoms with E-state index >= 15 is 0 Å². The van der Waals surface area contributed by atoms with Crippen molar-refractivity contribution < 1.29 is 28.8 Å². The molecule has 0 saturated carbocycles. The van der Waals surface area contributed by atoms with Gasteiger partial charge in [0.15, 0.2) is 6.61 Å². The Labute approximate surface area is 164 Å². The number of amides is 3. The minimum atomic E-state index is -0.798. The van der Waals surface area contributed by atoms with Crippen LogP contribution in [0.1, 0.15) is 23.2 Å². The number of hydrogen-bond donors (Lipinski definition) is 1. The van der Waals surface area contributed by atoms with Gasteiger partial charge < -0.3 is 10.1 Å². The second-order valence-corrected chi connectivity index (χ2v) is 6.07. The van der Waals surface area contributed by atoms with Crippen LogP contribution in [0.15, 0.2) is 48.5 Å². The molecule has 1 N–H and O–H groups in total. The molecule has 1 saturated heterocycles. The molecule has 0 unspecified atom stereocenters. The number of nitro groups is 1. The highest BCUT2D eigenvalue weighted by Crippen LogP contribution is 2.24. The number of carbonyl (C=O) groups is 4. The van der Waals surface area contributed by atoms with Crippen molar-refractivity contribution in [3.63, 3.8) is 0 Å². The van der Waals surface area contributed by atoms with Crippen molar-refractivity contribution in [2.24, 2.45) is 0 Å². The van der Waals surface area contributed by atoms with Crippen molar-refractivity contribution in [3.05, 3.63) is 64.2 Å². The molecule has 148 valence electrons. The molecule has 1 aliphatic rings. The molecule has 0 aromatic heterocycles. The monoisotopic (exact) mass is 397 g/mol. The molecule has 2 aromatic rings. The third kappa shape index (κ3) is 4.43. The lowest BCUT2D eigenvalue weighted by atomic mass is 10.2. The molecule has 2 aromatic carbocycles. The molecule has 0 atom stereocenters. The topological polar surface area (TPSA) is 136 Å². The number of rotatable bonds is 6. The van der Waals surface area contributed by atoms with Gasteiger partial charge in [0.2, 0.25) is 11.8 Å². The van der Waals surface area contributed by atoms with E-state index in [2.05, 4.69) is 5.32 Å². The quantitative estimate of drug-likeness (QED) is 0.341. The van der Waals surface area contributed by atoms with Crippen LogP contribution in [-0.2, 0) is 19.1 Å². The van der Waals surface area contributed by atoms with E-state index in [1.807, 2.05) is 0 Å². The summed E-state index contributed by atoms with van der Waals surface area (Å²) in [6.45, 7) is -0.643. The summed E-state index contributed by atoms with van der Waals surface area (Å²) in [5.41, 5.74) is 0.172. The summed E-state index contributed by atoms with van der Waals surface area (Å²) >= 11 is 0. The maximum absolute atomic E-state index is 12.1. The van der Waals surface area contributed by atoms with Gasteiger partial charge in [-0.3, -0.25) is 29.4 Å². The Morgan fingerprint density at radius 2 is 1.66 bits per heavy atom. The van der Waals surface area contributed by atoms with Crippen LogP contribution < -0.4 is 10.2 Å². The molecule has 0 aliphatic carbocycles. The van der Waals surface area contributed by atoms with Gasteiger partial charge in [0, 0.05) is 18.9 Å². The Morgan fingerprint density at radius 1 is 1.03 bits per heavy atom. The lowest BCUT2D eigenvalue weighted by Gasteiger charge is -2.14. The average Bonchev–Trinajstić information content (AvgIpc) is 3.04. The molecule has 29 heavy (non-hydrogen) atoms. The Bertz CT molecular complexity index is 985. The van der Waals surface area contributed by atoms with Gasteiger partial charge in [0.25, 0.3) is 11.6 Å². The van der Waals surface area contributed by atoms with E-state index in [-0.39, 0.29) is 41.6 Å². The predicted octanol–water partition coefficient (Wildman–Crippen LogP) is 2.04. The lowest BCUT2D eigenvalue weighted by molar-refractivity contribution is -0.383. The van der Waals surface area contributed by atoms with Crippen LogP contribution in [0.4, 0.5) is 17.1 Å². The van der Waals surface area contributed by atoms with Crippen molar-refractivity contribution in [1.82, 2.24) is 0 Å². The molecule has 1 aliphatic heterocycles. The van der Waals surface area contributed by atoms with E-state index in [9.17, 15) is 29.3 Å². The van der Waals surface area contributed by atoms with E-state index in [0.29, 0.717) is 5.69 Å². The SMILES string of the molecule is O=C(COC(=O)c1ccc(N2C(=O)CCC2=O)cc1)Nc1ccccc1[N+](=O)[O-]. The first-order valence-corrected chi connectivity index (χ1v) is 8.53. The number of nitrogens with zero attached hydrogens (tertiary/aromatic N) is 2. The van der Waals surface area contributed by atoms with Gasteiger partial charge in [-0.15, -0.1) is 0 Å². The fourth-order valence-corrected chi connectivity index (χ4v) is 2.75. The zero-order valence-corrected chi connectivity index (χ0v) is 15.0. The van der Waals surface area contributed by atoms with Crippen LogP contribution >= 0.6 is 0 Å². The number of nitrogens with one attached hydrogen (secondary N) is 1. The minimum absolute atomic E-state index is 0.0113. The molecule has 1 fully saturated rings. The number of para-hydroxylation sites is 2. The predicted molar refractivity (Wildman–Crippen MR) is 100 cm³/mol. The van der Waals surface area contributed by atoms with Gasteiger partial charge in [-0.05, 0) is 30.3 Å². The largest absolute Gasteiger partial charge is 0.452 e. The van der Waals surface area contributed by atoms with Gasteiger partial charge in [-0.2, -0.15) is 0 Å². The smallest absolute Gasteiger partial charge is 0.338 e. The first-order chi connectivity index (χ1) is 13.9. The van der Waals surface area contributed by atoms with Crippen molar-refractivity contribution in [1.29, 1.82) is 0 Å². The Balaban J connectivity index is 1.58. The molecule has 0 radical (unpaired) electrons. The number of nitro benzene ring substituents is 1. The van der Waals surface area contributed by atoms with E-state index in [4.69, 9.17) is 4.74 Å². The molecule has 1 heterocycles. The first-order valence-electron chi connectivity index (χ1n) is 8.53. The Kier molecular flexibility index (Phi) is 5.63. The summed E-state index contributed by atoms with van der Waals surface area (Å²) in [5, 5.41) is 13.3. The summed E-state index contributed by atoms with van der Waals surface area (Å²) in [4.78, 5) is 58.8. The van der Waals surface area contributed by atoms with E-state index in [1.54, 1.807) is 0 Å². The standard InChI is InChI=1S/C19H15N3O7/c23-16(20-14-3-1-2-4-15(14)22(27)28)11-29-19(26)12-5-7-13(8-6-12)21-17(24)9-10-18(21)25/h1-8H,9-11H2,(H,20,23). The normalized spacial score (nSPS) is 13.3. The van der Waals surface area contributed by atoms with Crippen LogP contribution in [-0.4, -0.2) is 35.2 Å². The molecule has 3 amide bonds. The number of imide groups is 1. The van der Waals surface area contributed by atoms with Crippen LogP contribution in [0.3, 0.4) is 0 Å². The Hall–Kier alpha value is -4.08. The number of anilines is 2. The second-order valence-electron chi connectivity index (χ2n) is 6.07. The van der Waals surface area contributed by atoms with Gasteiger partial charge in [0.1, 0.15) is 5.69 Å². The van der Waals surface area contributed by atoms with Crippen molar-refractivity contribution in [2.75, 3.05) is 16.8 Å². The van der Waals surface area contributed by atoms with Gasteiger partial charge in [0.05, 0.1) is 16.2 Å². The summed E-state index contributed by atoms with van der Waals surface area (Å²) in [5.74, 6) is -2.15. The van der Waals surface area contributed by atoms with Crippen LogP contribution in [0, 0.1) is 10.1 Å². The molecular weight excluding hydrogens is 382 g/mol. The van der Waals surface area contributed by atoms with E-state index < -0.39 is 23.4 Å². The minimum Gasteiger partial charge on any atom is -0.452 e. The molecule has 10 heteroatoms. The highest BCUT2D eigenvalue weighted by molar-refractivity contribution is 6.19. The molecule has 0 bridgehead atoms. The van der Waals surface area contributed by atoms with E-state index in [1.165, 1.54) is 48.5 Å². The fraction of sp³-hybridized carbons (Fsp3) is 0.158. The number of carbonyl (C=O) groups excluding carboxylic acids is 4. The zero-order valence-electron chi connectivity index (χ0n) is 15.0. The number of esters is 1. The highest BCUT2D eigenvalue weighted by Gasteiger charge is 2.30. The van der Waals surface area contributed by atoms with Gasteiger partial charge in [-0.25, -0.2) is 4.79 Å². The fourth-order valence-electron chi connectivity index (χ4n) is 2.75. The van der Waals surface area contributed by atoms with Crippen molar-refractivity contribution in [3.8, 4) is 0 Å². The maximum atomic E-state index is 12.1. The van der Waals surface area contributed by atoms with Crippen LogP contribution in [0.2, 0.25) is 0 Å². The highest BCUT2D eigenvalue weighted by atomic mass is 16.6. The summed E-state index contributed by atoms with van der Waals surface area (Å²) < 4.78 is 4.90. The summed E-state index contributed by atoms with van der Waals surface area (Å²) in [7, 11) is 0. The summed E-state index contributed by atoms with van der Waals surface area (Å²) in [6, 6.07) is 11.2. The van der Waals surface area contributed by atoms with E-state index in [0.717, 1.165) is 4.90 Å². The molecule has 0 spiro atoms. The van der Waals surface area contributed by atoms with Crippen LogP contribution in [0.5, 0.6) is 0 Å². The van der Waals surface area contributed by atoms with Crippen molar-refractivity contribution in [2.45, 2.75) is 12.8 Å². The van der Waals surface area contributed by atoms with Gasteiger partial charge in [-0.1, -0.05) is 12.1 Å². The third-order valence-corrected chi connectivity index (χ3v) is 4.12. The summed E-state index contributed by atoms with van der Waals surface area (Å²) in [6.07, 6.45) is 0.300. The number of ether oxygens (including phenoxy) is 1.